The van der Waals surface area contributed by atoms with E-state index in [4.69, 9.17) is 11.6 Å². The Labute approximate surface area is 147 Å². The molecule has 0 bridgehead atoms. The molecular weight excluding hydrogens is 348 g/mol. The van der Waals surface area contributed by atoms with Gasteiger partial charge in [0.15, 0.2) is 11.6 Å². The van der Waals surface area contributed by atoms with Crippen molar-refractivity contribution in [2.45, 2.75) is 12.3 Å². The summed E-state index contributed by atoms with van der Waals surface area (Å²) in [6.45, 7) is 0. The van der Waals surface area contributed by atoms with Crippen LogP contribution in [0.5, 0.6) is 0 Å². The van der Waals surface area contributed by atoms with Gasteiger partial charge in [-0.2, -0.15) is 0 Å². The van der Waals surface area contributed by atoms with Crippen molar-refractivity contribution in [2.75, 3.05) is 0 Å². The van der Waals surface area contributed by atoms with Crippen LogP contribution in [0.2, 0.25) is 5.02 Å². The molecule has 2 nitrogen and oxygen atoms in total. The second-order valence-electron chi connectivity index (χ2n) is 5.02. The van der Waals surface area contributed by atoms with Crippen LogP contribution in [0.25, 0.3) is 0 Å². The second kappa shape index (κ2) is 7.21. The summed E-state index contributed by atoms with van der Waals surface area (Å²) in [7, 11) is 0. The number of rotatable bonds is 6. The normalized spacial score (nSPS) is 12.0. The predicted octanol–water partition coefficient (Wildman–Crippen LogP) is 5.70. The summed E-state index contributed by atoms with van der Waals surface area (Å²) in [6, 6.07) is 14.4. The van der Waals surface area contributed by atoms with Crippen molar-refractivity contribution in [1.82, 2.24) is 0 Å². The Morgan fingerprint density at radius 2 is 1.70 bits per heavy atom. The minimum Gasteiger partial charge on any atom is -0.294 e. The monoisotopic (exact) mass is 360 g/mol. The van der Waals surface area contributed by atoms with E-state index in [0.29, 0.717) is 15.5 Å². The van der Waals surface area contributed by atoms with Crippen LogP contribution in [0, 0.1) is 0 Å². The maximum absolute atomic E-state index is 12.8. The van der Waals surface area contributed by atoms with Gasteiger partial charge >= 0.3 is 0 Å². The molecule has 3 aromatic rings. The van der Waals surface area contributed by atoms with Crippen molar-refractivity contribution in [3.8, 4) is 0 Å². The lowest BCUT2D eigenvalue weighted by molar-refractivity contribution is 0.0897. The first-order valence-electron chi connectivity index (χ1n) is 7.05. The molecule has 0 fully saturated rings. The summed E-state index contributed by atoms with van der Waals surface area (Å²) < 4.78 is 0. The van der Waals surface area contributed by atoms with E-state index in [1.54, 1.807) is 30.3 Å². The van der Waals surface area contributed by atoms with Crippen LogP contribution in [0.3, 0.4) is 0 Å². The predicted molar refractivity (Wildman–Crippen MR) is 96.1 cm³/mol. The van der Waals surface area contributed by atoms with Crippen molar-refractivity contribution in [3.63, 3.8) is 0 Å². The van der Waals surface area contributed by atoms with E-state index in [2.05, 4.69) is 0 Å². The third-order valence-electron chi connectivity index (χ3n) is 3.53. The van der Waals surface area contributed by atoms with Crippen molar-refractivity contribution in [1.29, 1.82) is 0 Å². The largest absolute Gasteiger partial charge is 0.294 e. The van der Waals surface area contributed by atoms with Gasteiger partial charge in [-0.3, -0.25) is 9.59 Å². The highest BCUT2D eigenvalue weighted by Gasteiger charge is 2.27. The van der Waals surface area contributed by atoms with Crippen LogP contribution in [-0.4, -0.2) is 11.6 Å². The molecule has 116 valence electrons. The molecule has 0 saturated carbocycles. The van der Waals surface area contributed by atoms with E-state index in [0.717, 1.165) is 4.88 Å². The number of halogens is 1. The molecule has 1 unspecified atom stereocenters. The van der Waals surface area contributed by atoms with Crippen LogP contribution < -0.4 is 0 Å². The van der Waals surface area contributed by atoms with Crippen LogP contribution in [0.1, 0.15) is 37.2 Å². The molecule has 0 spiro atoms. The molecule has 0 N–H and O–H groups in total. The van der Waals surface area contributed by atoms with Crippen molar-refractivity contribution in [2.24, 2.45) is 0 Å². The van der Waals surface area contributed by atoms with Crippen molar-refractivity contribution in [3.05, 3.63) is 79.6 Å². The first kappa shape index (κ1) is 16.1. The lowest BCUT2D eigenvalue weighted by Gasteiger charge is -2.13. The first-order valence-corrected chi connectivity index (χ1v) is 9.19. The molecular formula is C18H13ClO2S2. The average Bonchev–Trinajstić information content (AvgIpc) is 3.25. The summed E-state index contributed by atoms with van der Waals surface area (Å²) in [6.07, 6.45) is 0.126. The summed E-state index contributed by atoms with van der Waals surface area (Å²) >= 11 is 9.00. The molecule has 0 amide bonds. The molecule has 5 heteroatoms. The van der Waals surface area contributed by atoms with E-state index in [-0.39, 0.29) is 18.0 Å². The summed E-state index contributed by atoms with van der Waals surface area (Å²) in [5, 5.41) is 4.21. The van der Waals surface area contributed by atoms with Crippen LogP contribution in [-0.2, 0) is 0 Å². The first-order chi connectivity index (χ1) is 11.2. The van der Waals surface area contributed by atoms with Gasteiger partial charge < -0.3 is 0 Å². The number of carbonyl (C=O) groups excluding carboxylic acids is 2. The van der Waals surface area contributed by atoms with Crippen LogP contribution in [0.4, 0.5) is 0 Å². The van der Waals surface area contributed by atoms with Gasteiger partial charge in [0.05, 0.1) is 15.8 Å². The molecule has 23 heavy (non-hydrogen) atoms. The summed E-state index contributed by atoms with van der Waals surface area (Å²) in [5.41, 5.74) is 0.467. The Morgan fingerprint density at radius 3 is 2.35 bits per heavy atom. The van der Waals surface area contributed by atoms with Gasteiger partial charge in [-0.1, -0.05) is 35.9 Å². The van der Waals surface area contributed by atoms with Crippen molar-refractivity contribution >= 4 is 45.8 Å². The van der Waals surface area contributed by atoms with E-state index in [1.807, 2.05) is 29.0 Å². The number of benzene rings is 1. The molecule has 0 aliphatic carbocycles. The zero-order valence-electron chi connectivity index (χ0n) is 12.1. The number of thiophene rings is 2. The second-order valence-corrected chi connectivity index (χ2v) is 7.35. The Bertz CT molecular complexity index is 807. The lowest BCUT2D eigenvalue weighted by atomic mass is 9.92. The molecule has 1 aromatic carbocycles. The number of hydrogen-bond acceptors (Lipinski definition) is 4. The van der Waals surface area contributed by atoms with Gasteiger partial charge in [-0.15, -0.1) is 22.7 Å². The standard InChI is InChI=1S/C18H13ClO2S2/c19-14-6-2-1-5-12(14)15(20)11-13(16-7-3-9-22-16)18(21)17-8-4-10-23-17/h1-10,13H,11H2. The van der Waals surface area contributed by atoms with Gasteiger partial charge in [0.1, 0.15) is 0 Å². The fourth-order valence-electron chi connectivity index (χ4n) is 2.39. The SMILES string of the molecule is O=C(CC(C(=O)c1cccs1)c1cccs1)c1ccccc1Cl. The molecule has 3 rings (SSSR count). The maximum atomic E-state index is 12.8. The van der Waals surface area contributed by atoms with Crippen LogP contribution in [0.15, 0.2) is 59.3 Å². The number of hydrogen-bond donors (Lipinski definition) is 0. The van der Waals surface area contributed by atoms with Gasteiger partial charge in [0, 0.05) is 16.9 Å². The van der Waals surface area contributed by atoms with Gasteiger partial charge in [-0.05, 0) is 35.0 Å². The Morgan fingerprint density at radius 1 is 0.957 bits per heavy atom. The number of carbonyl (C=O) groups is 2. The fraction of sp³-hybridized carbons (Fsp3) is 0.111. The Hall–Kier alpha value is -1.75. The number of Topliss-reactive ketones (excluding diaryl/α,β-unsaturated/α-hetero) is 2. The molecule has 0 aliphatic rings. The Balaban J connectivity index is 1.89. The van der Waals surface area contributed by atoms with Crippen LogP contribution >= 0.6 is 34.3 Å². The van der Waals surface area contributed by atoms with Crippen molar-refractivity contribution < 1.29 is 9.59 Å². The average molecular weight is 361 g/mol. The lowest BCUT2D eigenvalue weighted by Crippen LogP contribution is -2.16. The fourth-order valence-corrected chi connectivity index (χ4v) is 4.17. The maximum Gasteiger partial charge on any atom is 0.181 e. The summed E-state index contributed by atoms with van der Waals surface area (Å²) in [4.78, 5) is 27.0. The third kappa shape index (κ3) is 3.61. The highest BCUT2D eigenvalue weighted by molar-refractivity contribution is 7.12. The number of ketones is 2. The van der Waals surface area contributed by atoms with Gasteiger partial charge in [-0.25, -0.2) is 0 Å². The van der Waals surface area contributed by atoms with E-state index in [9.17, 15) is 9.59 Å². The van der Waals surface area contributed by atoms with Gasteiger partial charge in [0.2, 0.25) is 0 Å². The molecule has 0 aliphatic heterocycles. The zero-order chi connectivity index (χ0) is 16.2. The quantitative estimate of drug-likeness (QED) is 0.528. The minimum atomic E-state index is -0.461. The van der Waals surface area contributed by atoms with E-state index >= 15 is 0 Å². The Kier molecular flexibility index (Phi) is 5.06. The third-order valence-corrected chi connectivity index (χ3v) is 5.73. The molecule has 2 heterocycles. The zero-order valence-corrected chi connectivity index (χ0v) is 14.5. The smallest absolute Gasteiger partial charge is 0.181 e. The highest BCUT2D eigenvalue weighted by atomic mass is 35.5. The molecule has 2 aromatic heterocycles. The molecule has 0 radical (unpaired) electrons. The minimum absolute atomic E-state index is 0.0112. The topological polar surface area (TPSA) is 34.1 Å². The van der Waals surface area contributed by atoms with Gasteiger partial charge in [0.25, 0.3) is 0 Å². The van der Waals surface area contributed by atoms with E-state index in [1.165, 1.54) is 22.7 Å². The van der Waals surface area contributed by atoms with E-state index < -0.39 is 5.92 Å². The highest BCUT2D eigenvalue weighted by Crippen LogP contribution is 2.31. The molecule has 1 atom stereocenters. The summed E-state index contributed by atoms with van der Waals surface area (Å²) in [5.74, 6) is -0.584. The molecule has 0 saturated heterocycles.